The van der Waals surface area contributed by atoms with E-state index in [0.29, 0.717) is 4.88 Å². The van der Waals surface area contributed by atoms with Gasteiger partial charge < -0.3 is 5.11 Å². The second-order valence-corrected chi connectivity index (χ2v) is 7.29. The van der Waals surface area contributed by atoms with Crippen molar-refractivity contribution in [2.75, 3.05) is 0 Å². The van der Waals surface area contributed by atoms with Crippen molar-refractivity contribution in [3.63, 3.8) is 0 Å². The number of sulfonamides is 1. The molecule has 18 heavy (non-hydrogen) atoms. The second-order valence-electron chi connectivity index (χ2n) is 3.59. The normalized spacial score (nSPS) is 11.9. The highest BCUT2D eigenvalue weighted by Crippen LogP contribution is 2.20. The molecule has 2 aromatic heterocycles. The van der Waals surface area contributed by atoms with Gasteiger partial charge in [-0.2, -0.15) is 0 Å². The van der Waals surface area contributed by atoms with Gasteiger partial charge in [0.05, 0.1) is 22.7 Å². The second kappa shape index (κ2) is 5.45. The van der Waals surface area contributed by atoms with Crippen LogP contribution in [0.4, 0.5) is 0 Å². The van der Waals surface area contributed by atoms with Gasteiger partial charge in [-0.25, -0.2) is 18.1 Å². The van der Waals surface area contributed by atoms with Gasteiger partial charge in [0.2, 0.25) is 10.0 Å². The average molecular weight is 304 g/mol. The van der Waals surface area contributed by atoms with E-state index in [4.69, 9.17) is 5.11 Å². The molecule has 0 aliphatic rings. The highest BCUT2D eigenvalue weighted by Gasteiger charge is 2.16. The van der Waals surface area contributed by atoms with Crippen LogP contribution in [-0.4, -0.2) is 18.5 Å². The van der Waals surface area contributed by atoms with Crippen molar-refractivity contribution in [1.29, 1.82) is 0 Å². The van der Waals surface area contributed by atoms with E-state index in [1.807, 2.05) is 6.92 Å². The van der Waals surface area contributed by atoms with E-state index < -0.39 is 10.0 Å². The number of thiazole rings is 1. The Balaban J connectivity index is 2.10. The van der Waals surface area contributed by atoms with E-state index in [9.17, 15) is 8.42 Å². The van der Waals surface area contributed by atoms with Crippen LogP contribution in [0.3, 0.4) is 0 Å². The quantitative estimate of drug-likeness (QED) is 0.877. The first-order chi connectivity index (χ1) is 8.53. The molecule has 2 rings (SSSR count). The van der Waals surface area contributed by atoms with Gasteiger partial charge in [0, 0.05) is 21.7 Å². The van der Waals surface area contributed by atoms with Crippen LogP contribution in [0.5, 0.6) is 0 Å². The highest BCUT2D eigenvalue weighted by molar-refractivity contribution is 7.89. The van der Waals surface area contributed by atoms with Gasteiger partial charge in [-0.05, 0) is 13.0 Å². The predicted molar refractivity (Wildman–Crippen MR) is 71.1 cm³/mol. The Hall–Kier alpha value is -0.800. The molecule has 0 amide bonds. The number of aryl methyl sites for hydroxylation is 1. The number of hydrogen-bond donors (Lipinski definition) is 2. The minimum Gasteiger partial charge on any atom is -0.391 e. The molecular weight excluding hydrogens is 292 g/mol. The number of nitrogens with zero attached hydrogens (tertiary/aromatic N) is 1. The number of rotatable bonds is 5. The summed E-state index contributed by atoms with van der Waals surface area (Å²) in [6, 6.07) is 1.48. The smallest absolute Gasteiger partial charge is 0.241 e. The van der Waals surface area contributed by atoms with Gasteiger partial charge in [0.25, 0.3) is 0 Å². The third-order valence-electron chi connectivity index (χ3n) is 2.36. The monoisotopic (exact) mass is 304 g/mol. The lowest BCUT2D eigenvalue weighted by molar-refractivity contribution is 0.285. The molecular formula is C10H12N2O3S3. The van der Waals surface area contributed by atoms with E-state index in [2.05, 4.69) is 9.71 Å². The van der Waals surface area contributed by atoms with Crippen LogP contribution in [0.15, 0.2) is 21.9 Å². The first-order valence-electron chi connectivity index (χ1n) is 5.10. The summed E-state index contributed by atoms with van der Waals surface area (Å²) >= 11 is 2.64. The topological polar surface area (TPSA) is 79.3 Å². The van der Waals surface area contributed by atoms with E-state index in [1.54, 1.807) is 5.51 Å². The maximum atomic E-state index is 12.0. The Kier molecular flexibility index (Phi) is 4.13. The number of aliphatic hydroxyl groups is 1. The van der Waals surface area contributed by atoms with Gasteiger partial charge in [-0.3, -0.25) is 0 Å². The van der Waals surface area contributed by atoms with Crippen molar-refractivity contribution in [3.05, 3.63) is 32.4 Å². The summed E-state index contributed by atoms with van der Waals surface area (Å²) in [5, 5.41) is 10.4. The van der Waals surface area contributed by atoms with Gasteiger partial charge in [0.15, 0.2) is 0 Å². The molecule has 0 spiro atoms. The van der Waals surface area contributed by atoms with E-state index in [-0.39, 0.29) is 18.0 Å². The molecule has 0 aromatic carbocycles. The molecule has 0 aliphatic carbocycles. The number of nitrogens with one attached hydrogen (secondary N) is 1. The minimum atomic E-state index is -3.51. The predicted octanol–water partition coefficient (Wildman–Crippen LogP) is 1.48. The third-order valence-corrected chi connectivity index (χ3v) is 5.75. The summed E-state index contributed by atoms with van der Waals surface area (Å²) in [6.07, 6.45) is 0. The molecule has 2 heterocycles. The van der Waals surface area contributed by atoms with Crippen LogP contribution in [-0.2, 0) is 23.2 Å². The summed E-state index contributed by atoms with van der Waals surface area (Å²) < 4.78 is 26.5. The number of aromatic nitrogens is 1. The van der Waals surface area contributed by atoms with E-state index in [0.717, 1.165) is 10.6 Å². The first-order valence-corrected chi connectivity index (χ1v) is 8.34. The van der Waals surface area contributed by atoms with Crippen molar-refractivity contribution in [2.45, 2.75) is 25.0 Å². The summed E-state index contributed by atoms with van der Waals surface area (Å²) in [6.45, 7) is 1.94. The molecule has 0 fully saturated rings. The Labute approximate surface area is 113 Å². The van der Waals surface area contributed by atoms with Gasteiger partial charge in [0.1, 0.15) is 0 Å². The zero-order chi connectivity index (χ0) is 13.2. The van der Waals surface area contributed by atoms with Crippen LogP contribution >= 0.6 is 22.7 Å². The lowest BCUT2D eigenvalue weighted by atomic mass is 10.4. The fourth-order valence-electron chi connectivity index (χ4n) is 1.32. The Bertz CT molecular complexity index is 630. The third kappa shape index (κ3) is 2.96. The zero-order valence-electron chi connectivity index (χ0n) is 9.58. The SMILES string of the molecule is Cc1ncsc1CNS(=O)(=O)c1csc(CO)c1. The fraction of sp³-hybridized carbons (Fsp3) is 0.300. The molecule has 5 nitrogen and oxygen atoms in total. The Morgan fingerprint density at radius 2 is 2.22 bits per heavy atom. The Morgan fingerprint density at radius 1 is 1.44 bits per heavy atom. The standard InChI is InChI=1S/C10H12N2O3S3/c1-7-10(17-6-11-7)3-12-18(14,15)9-2-8(4-13)16-5-9/h2,5-6,12-13H,3-4H2,1H3. The molecule has 0 unspecified atom stereocenters. The highest BCUT2D eigenvalue weighted by atomic mass is 32.2. The maximum Gasteiger partial charge on any atom is 0.241 e. The van der Waals surface area contributed by atoms with Crippen molar-refractivity contribution < 1.29 is 13.5 Å². The Morgan fingerprint density at radius 3 is 2.78 bits per heavy atom. The van der Waals surface area contributed by atoms with Crippen LogP contribution in [0.25, 0.3) is 0 Å². The molecule has 0 saturated carbocycles. The molecule has 0 atom stereocenters. The molecule has 2 N–H and O–H groups in total. The summed E-state index contributed by atoms with van der Waals surface area (Å²) in [4.78, 5) is 5.78. The van der Waals surface area contributed by atoms with Crippen molar-refractivity contribution in [2.24, 2.45) is 0 Å². The van der Waals surface area contributed by atoms with Crippen LogP contribution in [0.2, 0.25) is 0 Å². The maximum absolute atomic E-state index is 12.0. The molecule has 98 valence electrons. The van der Waals surface area contributed by atoms with Crippen LogP contribution in [0.1, 0.15) is 15.4 Å². The zero-order valence-corrected chi connectivity index (χ0v) is 12.0. The lowest BCUT2D eigenvalue weighted by Gasteiger charge is -2.03. The first kappa shape index (κ1) is 13.6. The van der Waals surface area contributed by atoms with E-state index >= 15 is 0 Å². The van der Waals surface area contributed by atoms with Crippen LogP contribution < -0.4 is 4.72 Å². The summed E-state index contributed by atoms with van der Waals surface area (Å²) in [5.41, 5.74) is 2.53. The van der Waals surface area contributed by atoms with Crippen molar-refractivity contribution in [3.8, 4) is 0 Å². The summed E-state index contributed by atoms with van der Waals surface area (Å²) in [5.74, 6) is 0. The molecule has 0 radical (unpaired) electrons. The molecule has 0 saturated heterocycles. The lowest BCUT2D eigenvalue weighted by Crippen LogP contribution is -2.22. The summed E-state index contributed by atoms with van der Waals surface area (Å²) in [7, 11) is -3.51. The minimum absolute atomic E-state index is 0.145. The van der Waals surface area contributed by atoms with Gasteiger partial charge in [-0.15, -0.1) is 22.7 Å². The number of hydrogen-bond acceptors (Lipinski definition) is 6. The average Bonchev–Trinajstić information content (AvgIpc) is 2.95. The fourth-order valence-corrected chi connectivity index (χ4v) is 4.26. The van der Waals surface area contributed by atoms with Crippen LogP contribution in [0, 0.1) is 6.92 Å². The van der Waals surface area contributed by atoms with Gasteiger partial charge in [-0.1, -0.05) is 0 Å². The molecule has 0 bridgehead atoms. The largest absolute Gasteiger partial charge is 0.391 e. The number of aliphatic hydroxyl groups excluding tert-OH is 1. The van der Waals surface area contributed by atoms with Gasteiger partial charge >= 0.3 is 0 Å². The molecule has 0 aliphatic heterocycles. The van der Waals surface area contributed by atoms with Crippen molar-refractivity contribution >= 4 is 32.7 Å². The number of thiophene rings is 1. The van der Waals surface area contributed by atoms with E-state index in [1.165, 1.54) is 34.1 Å². The molecule has 2 aromatic rings. The van der Waals surface area contributed by atoms with Crippen molar-refractivity contribution in [1.82, 2.24) is 9.71 Å². The molecule has 8 heteroatoms.